The van der Waals surface area contributed by atoms with Crippen LogP contribution in [0.2, 0.25) is 0 Å². The third-order valence-electron chi connectivity index (χ3n) is 5.29. The number of piperidine rings is 1. The van der Waals surface area contributed by atoms with Crippen molar-refractivity contribution in [2.75, 3.05) is 18.4 Å². The molecule has 2 aliphatic heterocycles. The van der Waals surface area contributed by atoms with E-state index in [0.29, 0.717) is 47.1 Å². The first-order valence-electron chi connectivity index (χ1n) is 9.40. The minimum absolute atomic E-state index is 0.0292. The molecule has 0 unspecified atom stereocenters. The van der Waals surface area contributed by atoms with Gasteiger partial charge in [0.25, 0.3) is 11.8 Å². The highest BCUT2D eigenvalue weighted by molar-refractivity contribution is 7.15. The van der Waals surface area contributed by atoms with Gasteiger partial charge in [0, 0.05) is 37.0 Å². The van der Waals surface area contributed by atoms with Crippen LogP contribution in [0, 0.1) is 5.92 Å². The Morgan fingerprint density at radius 1 is 1.14 bits per heavy atom. The number of imide groups is 1. The summed E-state index contributed by atoms with van der Waals surface area (Å²) in [5, 5.41) is 3.26. The zero-order valence-electron chi connectivity index (χ0n) is 15.9. The Morgan fingerprint density at radius 3 is 2.34 bits per heavy atom. The highest BCUT2D eigenvalue weighted by atomic mass is 32.1. The smallest absolute Gasteiger partial charge is 0.261 e. The van der Waals surface area contributed by atoms with E-state index in [2.05, 4.69) is 10.3 Å². The zero-order valence-corrected chi connectivity index (χ0v) is 16.7. The van der Waals surface area contributed by atoms with Gasteiger partial charge in [-0.3, -0.25) is 24.1 Å². The maximum Gasteiger partial charge on any atom is 0.261 e. The van der Waals surface area contributed by atoms with E-state index < -0.39 is 0 Å². The summed E-state index contributed by atoms with van der Waals surface area (Å²) >= 11 is 1.25. The van der Waals surface area contributed by atoms with Gasteiger partial charge in [-0.15, -0.1) is 0 Å². The fourth-order valence-corrected chi connectivity index (χ4v) is 4.45. The van der Waals surface area contributed by atoms with Crippen LogP contribution in [0.15, 0.2) is 30.5 Å². The molecule has 2 aromatic rings. The number of amides is 4. The molecule has 4 amide bonds. The van der Waals surface area contributed by atoms with E-state index in [4.69, 9.17) is 0 Å². The normalized spacial score (nSPS) is 16.9. The second-order valence-electron chi connectivity index (χ2n) is 7.14. The molecule has 2 aliphatic rings. The summed E-state index contributed by atoms with van der Waals surface area (Å²) in [6, 6.07) is 6.75. The number of anilines is 1. The second kappa shape index (κ2) is 7.75. The number of fused-ring (bicyclic) bond motifs is 1. The predicted molar refractivity (Wildman–Crippen MR) is 106 cm³/mol. The maximum atomic E-state index is 12.5. The van der Waals surface area contributed by atoms with E-state index in [1.807, 2.05) is 0 Å². The van der Waals surface area contributed by atoms with Gasteiger partial charge in [0.1, 0.15) is 0 Å². The molecule has 29 heavy (non-hydrogen) atoms. The molecule has 4 rings (SSSR count). The van der Waals surface area contributed by atoms with Crippen LogP contribution < -0.4 is 5.32 Å². The molecule has 0 bridgehead atoms. The zero-order chi connectivity index (χ0) is 20.5. The molecule has 150 valence electrons. The average Bonchev–Trinajstić information content (AvgIpc) is 3.26. The van der Waals surface area contributed by atoms with Gasteiger partial charge in [0.15, 0.2) is 5.13 Å². The molecule has 3 heterocycles. The molecule has 9 heteroatoms. The van der Waals surface area contributed by atoms with E-state index in [-0.39, 0.29) is 36.1 Å². The van der Waals surface area contributed by atoms with Gasteiger partial charge in [-0.2, -0.15) is 0 Å². The van der Waals surface area contributed by atoms with Gasteiger partial charge >= 0.3 is 0 Å². The van der Waals surface area contributed by atoms with Crippen LogP contribution >= 0.6 is 11.3 Å². The number of hydrogen-bond acceptors (Lipinski definition) is 6. The predicted octanol–water partition coefficient (Wildman–Crippen LogP) is 2.14. The Bertz CT molecular complexity index is 959. The molecular formula is C20H20N4O4S. The van der Waals surface area contributed by atoms with Gasteiger partial charge in [0.05, 0.1) is 17.7 Å². The Morgan fingerprint density at radius 2 is 1.76 bits per heavy atom. The fourth-order valence-electron chi connectivity index (χ4n) is 3.64. The van der Waals surface area contributed by atoms with Crippen LogP contribution in [0.25, 0.3) is 0 Å². The number of rotatable bonds is 4. The molecule has 1 saturated heterocycles. The summed E-state index contributed by atoms with van der Waals surface area (Å²) in [5.74, 6) is -0.880. The molecule has 1 aromatic heterocycles. The van der Waals surface area contributed by atoms with E-state index in [9.17, 15) is 19.2 Å². The van der Waals surface area contributed by atoms with Gasteiger partial charge in [-0.1, -0.05) is 23.5 Å². The topological polar surface area (TPSA) is 99.7 Å². The third kappa shape index (κ3) is 3.77. The SMILES string of the molecule is CC(=O)N1CCC(C(=O)Nc2ncc(CN3C(=O)c4ccccc4C3=O)s2)CC1. The molecule has 8 nitrogen and oxygen atoms in total. The minimum atomic E-state index is -0.318. The number of nitrogens with one attached hydrogen (secondary N) is 1. The van der Waals surface area contributed by atoms with Crippen LogP contribution in [0.3, 0.4) is 0 Å². The van der Waals surface area contributed by atoms with E-state index in [1.54, 1.807) is 35.4 Å². The van der Waals surface area contributed by atoms with Crippen LogP contribution in [0.1, 0.15) is 45.4 Å². The second-order valence-corrected chi connectivity index (χ2v) is 8.26. The summed E-state index contributed by atoms with van der Waals surface area (Å²) in [5.41, 5.74) is 0.819. The average molecular weight is 412 g/mol. The highest BCUT2D eigenvalue weighted by Gasteiger charge is 2.35. The van der Waals surface area contributed by atoms with Crippen molar-refractivity contribution < 1.29 is 19.2 Å². The van der Waals surface area contributed by atoms with Gasteiger partial charge in [-0.25, -0.2) is 4.98 Å². The van der Waals surface area contributed by atoms with Gasteiger partial charge in [0.2, 0.25) is 11.8 Å². The van der Waals surface area contributed by atoms with Crippen molar-refractivity contribution in [2.45, 2.75) is 26.3 Å². The highest BCUT2D eigenvalue weighted by Crippen LogP contribution is 2.27. The Labute approximate surface area is 171 Å². The number of thiazole rings is 1. The largest absolute Gasteiger partial charge is 0.343 e. The molecule has 0 radical (unpaired) electrons. The molecular weight excluding hydrogens is 392 g/mol. The number of aromatic nitrogens is 1. The lowest BCUT2D eigenvalue weighted by Gasteiger charge is -2.30. The lowest BCUT2D eigenvalue weighted by atomic mass is 9.96. The minimum Gasteiger partial charge on any atom is -0.343 e. The molecule has 0 aliphatic carbocycles. The number of likely N-dealkylation sites (tertiary alicyclic amines) is 1. The first kappa shape index (κ1) is 19.3. The molecule has 0 spiro atoms. The molecule has 0 atom stereocenters. The number of hydrogen-bond donors (Lipinski definition) is 1. The Balaban J connectivity index is 1.36. The van der Waals surface area contributed by atoms with Gasteiger partial charge < -0.3 is 10.2 Å². The molecule has 0 saturated carbocycles. The quantitative estimate of drug-likeness (QED) is 0.776. The van der Waals surface area contributed by atoms with Crippen LogP contribution in [-0.2, 0) is 16.1 Å². The Kier molecular flexibility index (Phi) is 5.14. The number of nitrogens with zero attached hydrogens (tertiary/aromatic N) is 3. The first-order chi connectivity index (χ1) is 13.9. The van der Waals surface area contributed by atoms with Crippen LogP contribution in [0.4, 0.5) is 5.13 Å². The van der Waals surface area contributed by atoms with Crippen molar-refractivity contribution >= 4 is 40.1 Å². The van der Waals surface area contributed by atoms with E-state index >= 15 is 0 Å². The van der Waals surface area contributed by atoms with Crippen molar-refractivity contribution in [3.05, 3.63) is 46.5 Å². The molecule has 1 N–H and O–H groups in total. The molecule has 1 aromatic carbocycles. The standard InChI is InChI=1S/C20H20N4O4S/c1-12(25)23-8-6-13(7-9-23)17(26)22-20-21-10-14(29-20)11-24-18(27)15-4-2-3-5-16(15)19(24)28/h2-5,10,13H,6-9,11H2,1H3,(H,21,22,26). The number of carbonyl (C=O) groups is 4. The number of carbonyl (C=O) groups excluding carboxylic acids is 4. The number of benzene rings is 1. The summed E-state index contributed by atoms with van der Waals surface area (Å²) < 4.78 is 0. The summed E-state index contributed by atoms with van der Waals surface area (Å²) in [4.78, 5) is 56.7. The lowest BCUT2D eigenvalue weighted by Crippen LogP contribution is -2.40. The summed E-state index contributed by atoms with van der Waals surface area (Å²) in [6.45, 7) is 2.81. The molecule has 1 fully saturated rings. The van der Waals surface area contributed by atoms with E-state index in [0.717, 1.165) is 0 Å². The van der Waals surface area contributed by atoms with Crippen molar-refractivity contribution in [2.24, 2.45) is 5.92 Å². The van der Waals surface area contributed by atoms with Crippen molar-refractivity contribution in [3.8, 4) is 0 Å². The lowest BCUT2D eigenvalue weighted by molar-refractivity contribution is -0.132. The third-order valence-corrected chi connectivity index (χ3v) is 6.18. The maximum absolute atomic E-state index is 12.5. The Hall–Kier alpha value is -3.07. The van der Waals surface area contributed by atoms with Crippen molar-refractivity contribution in [3.63, 3.8) is 0 Å². The van der Waals surface area contributed by atoms with Gasteiger partial charge in [-0.05, 0) is 25.0 Å². The van der Waals surface area contributed by atoms with Crippen molar-refractivity contribution in [1.82, 2.24) is 14.8 Å². The first-order valence-corrected chi connectivity index (χ1v) is 10.2. The van der Waals surface area contributed by atoms with Crippen LogP contribution in [0.5, 0.6) is 0 Å². The van der Waals surface area contributed by atoms with Crippen molar-refractivity contribution in [1.29, 1.82) is 0 Å². The fraction of sp³-hybridized carbons (Fsp3) is 0.350. The summed E-state index contributed by atoms with van der Waals surface area (Å²) in [6.07, 6.45) is 2.82. The van der Waals surface area contributed by atoms with Crippen LogP contribution in [-0.4, -0.2) is 51.5 Å². The summed E-state index contributed by atoms with van der Waals surface area (Å²) in [7, 11) is 0. The van der Waals surface area contributed by atoms with E-state index in [1.165, 1.54) is 23.2 Å². The monoisotopic (exact) mass is 412 g/mol.